The third-order valence-electron chi connectivity index (χ3n) is 4.32. The summed E-state index contributed by atoms with van der Waals surface area (Å²) >= 11 is 5.40. The molecule has 0 bridgehead atoms. The van der Waals surface area contributed by atoms with Crippen LogP contribution in [0, 0.1) is 0 Å². The van der Waals surface area contributed by atoms with Gasteiger partial charge in [0.2, 0.25) is 5.88 Å². The number of anilines is 2. The number of morpholine rings is 1. The minimum Gasteiger partial charge on any atom is -0.481 e. The molecule has 0 saturated carbocycles. The van der Waals surface area contributed by atoms with E-state index < -0.39 is 0 Å². The Balaban J connectivity index is 1.54. The third kappa shape index (κ3) is 4.83. The van der Waals surface area contributed by atoms with E-state index in [0.717, 1.165) is 32.0 Å². The second kappa shape index (κ2) is 8.82. The largest absolute Gasteiger partial charge is 0.481 e. The molecule has 7 heteroatoms. The molecule has 1 aromatic carbocycles. The van der Waals surface area contributed by atoms with Crippen molar-refractivity contribution in [3.63, 3.8) is 0 Å². The van der Waals surface area contributed by atoms with E-state index >= 15 is 0 Å². The monoisotopic (exact) mass is 372 g/mol. The SMILES string of the molecule is COc1ccc(NC(=S)N[C@H](C)c2ccc(N3CCOCC3)cc2)cn1. The number of methoxy groups -OCH3 is 1. The van der Waals surface area contributed by atoms with Crippen LogP contribution in [0.25, 0.3) is 0 Å². The minimum absolute atomic E-state index is 0.0972. The van der Waals surface area contributed by atoms with E-state index in [4.69, 9.17) is 21.7 Å². The molecule has 1 aliphatic heterocycles. The van der Waals surface area contributed by atoms with Crippen molar-refractivity contribution in [3.05, 3.63) is 48.2 Å². The molecular formula is C19H24N4O2S. The Hall–Kier alpha value is -2.38. The maximum atomic E-state index is 5.40. The smallest absolute Gasteiger partial charge is 0.213 e. The predicted octanol–water partition coefficient (Wildman–Crippen LogP) is 2.97. The Kier molecular flexibility index (Phi) is 6.25. The summed E-state index contributed by atoms with van der Waals surface area (Å²) in [4.78, 5) is 6.50. The van der Waals surface area contributed by atoms with Crippen LogP contribution in [-0.4, -0.2) is 43.5 Å². The maximum absolute atomic E-state index is 5.40. The van der Waals surface area contributed by atoms with E-state index in [9.17, 15) is 0 Å². The Labute approximate surface area is 159 Å². The van der Waals surface area contributed by atoms with Crippen LogP contribution in [0.4, 0.5) is 11.4 Å². The summed E-state index contributed by atoms with van der Waals surface area (Å²) < 4.78 is 10.5. The molecule has 0 unspecified atom stereocenters. The molecule has 0 amide bonds. The molecule has 3 rings (SSSR count). The summed E-state index contributed by atoms with van der Waals surface area (Å²) in [5, 5.41) is 6.99. The molecule has 138 valence electrons. The van der Waals surface area contributed by atoms with Gasteiger partial charge in [-0.05, 0) is 42.9 Å². The molecule has 1 saturated heterocycles. The normalized spacial score (nSPS) is 15.2. The number of benzene rings is 1. The van der Waals surface area contributed by atoms with E-state index in [1.165, 1.54) is 11.3 Å². The Morgan fingerprint density at radius 2 is 1.92 bits per heavy atom. The molecule has 0 spiro atoms. The zero-order chi connectivity index (χ0) is 18.4. The molecular weight excluding hydrogens is 348 g/mol. The highest BCUT2D eigenvalue weighted by Crippen LogP contribution is 2.20. The fraction of sp³-hybridized carbons (Fsp3) is 0.368. The highest BCUT2D eigenvalue weighted by Gasteiger charge is 2.12. The summed E-state index contributed by atoms with van der Waals surface area (Å²) in [6.45, 7) is 5.55. The van der Waals surface area contributed by atoms with Crippen molar-refractivity contribution >= 4 is 28.7 Å². The van der Waals surface area contributed by atoms with Crippen LogP contribution in [0.1, 0.15) is 18.5 Å². The molecule has 2 aromatic rings. The van der Waals surface area contributed by atoms with Gasteiger partial charge in [0.05, 0.1) is 38.2 Å². The summed E-state index contributed by atoms with van der Waals surface area (Å²) in [5.41, 5.74) is 3.23. The molecule has 2 N–H and O–H groups in total. The molecule has 1 aliphatic rings. The molecule has 0 aliphatic carbocycles. The average molecular weight is 372 g/mol. The van der Waals surface area contributed by atoms with E-state index in [-0.39, 0.29) is 6.04 Å². The highest BCUT2D eigenvalue weighted by atomic mass is 32.1. The van der Waals surface area contributed by atoms with Gasteiger partial charge in [-0.25, -0.2) is 4.98 Å². The summed E-state index contributed by atoms with van der Waals surface area (Å²) in [7, 11) is 1.59. The molecule has 6 nitrogen and oxygen atoms in total. The van der Waals surface area contributed by atoms with Gasteiger partial charge in [-0.15, -0.1) is 0 Å². The molecule has 1 fully saturated rings. The molecule has 1 aromatic heterocycles. The first-order valence-corrected chi connectivity index (χ1v) is 9.07. The van der Waals surface area contributed by atoms with Crippen molar-refractivity contribution in [1.82, 2.24) is 10.3 Å². The highest BCUT2D eigenvalue weighted by molar-refractivity contribution is 7.80. The van der Waals surface area contributed by atoms with Crippen molar-refractivity contribution in [2.24, 2.45) is 0 Å². The first kappa shape index (κ1) is 18.4. The van der Waals surface area contributed by atoms with Crippen LogP contribution in [0.5, 0.6) is 5.88 Å². The van der Waals surface area contributed by atoms with Gasteiger partial charge in [0.1, 0.15) is 0 Å². The van der Waals surface area contributed by atoms with E-state index in [1.54, 1.807) is 19.4 Å². The van der Waals surface area contributed by atoms with Crippen LogP contribution in [0.3, 0.4) is 0 Å². The topological polar surface area (TPSA) is 58.7 Å². The van der Waals surface area contributed by atoms with Gasteiger partial charge in [0.25, 0.3) is 0 Å². The second-order valence-corrected chi connectivity index (χ2v) is 6.51. The first-order valence-electron chi connectivity index (χ1n) is 8.66. The number of hydrogen-bond donors (Lipinski definition) is 2. The zero-order valence-electron chi connectivity index (χ0n) is 15.1. The zero-order valence-corrected chi connectivity index (χ0v) is 15.9. The lowest BCUT2D eigenvalue weighted by Crippen LogP contribution is -2.36. The molecule has 2 heterocycles. The van der Waals surface area contributed by atoms with E-state index in [2.05, 4.69) is 51.7 Å². The van der Waals surface area contributed by atoms with Crippen LogP contribution in [-0.2, 0) is 4.74 Å². The Morgan fingerprint density at radius 1 is 1.19 bits per heavy atom. The number of pyridine rings is 1. The first-order chi connectivity index (χ1) is 12.7. The quantitative estimate of drug-likeness (QED) is 0.783. The van der Waals surface area contributed by atoms with Crippen molar-refractivity contribution < 1.29 is 9.47 Å². The Bertz CT molecular complexity index is 715. The number of ether oxygens (including phenoxy) is 2. The number of nitrogens with zero attached hydrogens (tertiary/aromatic N) is 2. The van der Waals surface area contributed by atoms with Gasteiger partial charge < -0.3 is 25.0 Å². The number of hydrogen-bond acceptors (Lipinski definition) is 5. The Morgan fingerprint density at radius 3 is 2.54 bits per heavy atom. The van der Waals surface area contributed by atoms with Crippen molar-refractivity contribution in [2.45, 2.75) is 13.0 Å². The summed E-state index contributed by atoms with van der Waals surface area (Å²) in [6.07, 6.45) is 1.69. The van der Waals surface area contributed by atoms with Gasteiger partial charge in [-0.1, -0.05) is 12.1 Å². The fourth-order valence-corrected chi connectivity index (χ4v) is 3.11. The molecule has 1 atom stereocenters. The van der Waals surface area contributed by atoms with Gasteiger partial charge in [0.15, 0.2) is 5.11 Å². The van der Waals surface area contributed by atoms with Crippen LogP contribution in [0.2, 0.25) is 0 Å². The van der Waals surface area contributed by atoms with E-state index in [0.29, 0.717) is 11.0 Å². The number of rotatable bonds is 5. The van der Waals surface area contributed by atoms with Gasteiger partial charge in [-0.3, -0.25) is 0 Å². The lowest BCUT2D eigenvalue weighted by Gasteiger charge is -2.29. The number of nitrogens with one attached hydrogen (secondary N) is 2. The summed E-state index contributed by atoms with van der Waals surface area (Å²) in [6, 6.07) is 12.4. The number of aromatic nitrogens is 1. The van der Waals surface area contributed by atoms with E-state index in [1.807, 2.05) is 6.07 Å². The predicted molar refractivity (Wildman–Crippen MR) is 108 cm³/mol. The average Bonchev–Trinajstić information content (AvgIpc) is 2.69. The van der Waals surface area contributed by atoms with Crippen LogP contribution < -0.4 is 20.3 Å². The van der Waals surface area contributed by atoms with Crippen molar-refractivity contribution in [2.75, 3.05) is 43.6 Å². The lowest BCUT2D eigenvalue weighted by molar-refractivity contribution is 0.122. The fourth-order valence-electron chi connectivity index (χ4n) is 2.82. The molecule has 26 heavy (non-hydrogen) atoms. The van der Waals surface area contributed by atoms with Crippen LogP contribution >= 0.6 is 12.2 Å². The second-order valence-electron chi connectivity index (χ2n) is 6.10. The van der Waals surface area contributed by atoms with Crippen LogP contribution in [0.15, 0.2) is 42.6 Å². The minimum atomic E-state index is 0.0972. The van der Waals surface area contributed by atoms with Gasteiger partial charge in [-0.2, -0.15) is 0 Å². The van der Waals surface area contributed by atoms with Crippen molar-refractivity contribution in [1.29, 1.82) is 0 Å². The maximum Gasteiger partial charge on any atom is 0.213 e. The van der Waals surface area contributed by atoms with Gasteiger partial charge >= 0.3 is 0 Å². The number of thiocarbonyl (C=S) groups is 1. The molecule has 0 radical (unpaired) electrons. The van der Waals surface area contributed by atoms with Gasteiger partial charge in [0, 0.05) is 24.8 Å². The lowest BCUT2D eigenvalue weighted by atomic mass is 10.1. The summed E-state index contributed by atoms with van der Waals surface area (Å²) in [5.74, 6) is 0.572. The van der Waals surface area contributed by atoms with Crippen molar-refractivity contribution in [3.8, 4) is 5.88 Å². The third-order valence-corrected chi connectivity index (χ3v) is 4.54. The standard InChI is InChI=1S/C19H24N4O2S/c1-14(21-19(26)22-16-5-8-18(24-2)20-13-16)15-3-6-17(7-4-15)23-9-11-25-12-10-23/h3-8,13-14H,9-12H2,1-2H3,(H2,21,22,26)/t14-/m1/s1.